The van der Waals surface area contributed by atoms with Gasteiger partial charge in [0.2, 0.25) is 0 Å². The Hall–Kier alpha value is -0.570. The molecule has 0 bridgehead atoms. The lowest BCUT2D eigenvalue weighted by Gasteiger charge is -1.91. The quantitative estimate of drug-likeness (QED) is 0.580. The summed E-state index contributed by atoms with van der Waals surface area (Å²) < 4.78 is 0. The van der Waals surface area contributed by atoms with Crippen molar-refractivity contribution in [2.75, 3.05) is 0 Å². The summed E-state index contributed by atoms with van der Waals surface area (Å²) in [5.74, 6) is 0. The van der Waals surface area contributed by atoms with E-state index in [1.807, 2.05) is 6.92 Å². The zero-order valence-corrected chi connectivity index (χ0v) is 8.00. The number of hydrogen-bond donors (Lipinski definition) is 2. The van der Waals surface area contributed by atoms with Crippen LogP contribution >= 0.6 is 0 Å². The third-order valence-corrected chi connectivity index (χ3v) is 0.644. The van der Waals surface area contributed by atoms with Crippen LogP contribution in [0.1, 0.15) is 40.5 Å². The maximum atomic E-state index is 8.36. The van der Waals surface area contributed by atoms with Crippen LogP contribution in [-0.2, 0) is 4.79 Å². The predicted octanol–water partition coefficient (Wildman–Crippen LogP) is 1.86. The average Bonchev–Trinajstić information content (AvgIpc) is 1.91. The van der Waals surface area contributed by atoms with Gasteiger partial charge in [-0.2, -0.15) is 0 Å². The SMILES string of the molecule is CCC.CCC(C)N.O=CO. The fraction of sp³-hybridized carbons (Fsp3) is 0.875. The predicted molar refractivity (Wildman–Crippen MR) is 48.6 cm³/mol. The highest BCUT2D eigenvalue weighted by Crippen LogP contribution is 1.77. The molecular weight excluding hydrogens is 142 g/mol. The molecule has 0 aliphatic carbocycles. The second kappa shape index (κ2) is 22.7. The standard InChI is InChI=1S/C4H11N.C3H8.CH2O2/c1-3-4(2)5;1-3-2;2-1-3/h4H,3,5H2,1-2H3;3H2,1-2H3;1H,(H,2,3). The second-order valence-corrected chi connectivity index (χ2v) is 2.20. The van der Waals surface area contributed by atoms with E-state index in [2.05, 4.69) is 20.8 Å². The molecule has 0 saturated heterocycles. The molecule has 0 heterocycles. The molecule has 0 aromatic carbocycles. The van der Waals surface area contributed by atoms with Crippen molar-refractivity contribution in [3.8, 4) is 0 Å². The van der Waals surface area contributed by atoms with E-state index in [1.54, 1.807) is 0 Å². The highest BCUT2D eigenvalue weighted by atomic mass is 16.3. The van der Waals surface area contributed by atoms with Gasteiger partial charge in [0, 0.05) is 6.04 Å². The van der Waals surface area contributed by atoms with Gasteiger partial charge >= 0.3 is 0 Å². The summed E-state index contributed by atoms with van der Waals surface area (Å²) >= 11 is 0. The van der Waals surface area contributed by atoms with E-state index in [0.717, 1.165) is 6.42 Å². The van der Waals surface area contributed by atoms with Crippen LogP contribution in [0.5, 0.6) is 0 Å². The van der Waals surface area contributed by atoms with Gasteiger partial charge in [-0.3, -0.25) is 4.79 Å². The summed E-state index contributed by atoms with van der Waals surface area (Å²) in [5.41, 5.74) is 5.29. The minimum Gasteiger partial charge on any atom is -0.483 e. The lowest BCUT2D eigenvalue weighted by atomic mass is 10.3. The Morgan fingerprint density at radius 1 is 1.45 bits per heavy atom. The molecule has 0 rings (SSSR count). The molecule has 0 aliphatic heterocycles. The smallest absolute Gasteiger partial charge is 0.290 e. The lowest BCUT2D eigenvalue weighted by molar-refractivity contribution is -0.122. The van der Waals surface area contributed by atoms with Crippen molar-refractivity contribution in [3.63, 3.8) is 0 Å². The van der Waals surface area contributed by atoms with Crippen LogP contribution in [0.4, 0.5) is 0 Å². The Labute approximate surface area is 69.6 Å². The molecule has 1 unspecified atom stereocenters. The van der Waals surface area contributed by atoms with Gasteiger partial charge < -0.3 is 10.8 Å². The Morgan fingerprint density at radius 3 is 1.55 bits per heavy atom. The van der Waals surface area contributed by atoms with Gasteiger partial charge in [0.05, 0.1) is 0 Å². The molecule has 3 nitrogen and oxygen atoms in total. The first-order valence-electron chi connectivity index (χ1n) is 3.93. The van der Waals surface area contributed by atoms with Crippen molar-refractivity contribution >= 4 is 6.47 Å². The molecule has 0 aromatic rings. The molecule has 1 atom stereocenters. The molecular formula is C8H21NO2. The average molecular weight is 163 g/mol. The monoisotopic (exact) mass is 163 g/mol. The van der Waals surface area contributed by atoms with Gasteiger partial charge in [0.1, 0.15) is 0 Å². The Morgan fingerprint density at radius 2 is 1.55 bits per heavy atom. The van der Waals surface area contributed by atoms with Crippen molar-refractivity contribution in [2.24, 2.45) is 5.73 Å². The van der Waals surface area contributed by atoms with Crippen LogP contribution in [0, 0.1) is 0 Å². The second-order valence-electron chi connectivity index (χ2n) is 2.20. The van der Waals surface area contributed by atoms with Gasteiger partial charge in [-0.15, -0.1) is 0 Å². The third kappa shape index (κ3) is 255. The van der Waals surface area contributed by atoms with Crippen molar-refractivity contribution in [2.45, 2.75) is 46.6 Å². The maximum Gasteiger partial charge on any atom is 0.290 e. The van der Waals surface area contributed by atoms with Crippen LogP contribution in [0.2, 0.25) is 0 Å². The Bertz CT molecular complexity index is 56.1. The molecule has 0 radical (unpaired) electrons. The zero-order valence-electron chi connectivity index (χ0n) is 8.00. The molecule has 0 amide bonds. The first kappa shape index (κ1) is 16.8. The molecule has 0 aliphatic rings. The molecule has 3 heteroatoms. The summed E-state index contributed by atoms with van der Waals surface area (Å²) in [6, 6.07) is 0.384. The minimum absolute atomic E-state index is 0.250. The van der Waals surface area contributed by atoms with Crippen LogP contribution in [-0.4, -0.2) is 17.6 Å². The number of hydrogen-bond acceptors (Lipinski definition) is 2. The van der Waals surface area contributed by atoms with Gasteiger partial charge in [0.25, 0.3) is 6.47 Å². The van der Waals surface area contributed by atoms with E-state index in [9.17, 15) is 0 Å². The molecule has 70 valence electrons. The highest BCUT2D eigenvalue weighted by molar-refractivity contribution is 5.32. The molecule has 3 N–H and O–H groups in total. The summed E-state index contributed by atoms with van der Waals surface area (Å²) in [6.45, 7) is 8.07. The van der Waals surface area contributed by atoms with Crippen LogP contribution in [0.3, 0.4) is 0 Å². The van der Waals surface area contributed by atoms with Crippen LogP contribution in [0.15, 0.2) is 0 Å². The summed E-state index contributed by atoms with van der Waals surface area (Å²) in [5, 5.41) is 6.89. The van der Waals surface area contributed by atoms with Crippen molar-refractivity contribution < 1.29 is 9.90 Å². The molecule has 0 aromatic heterocycles. The molecule has 0 fully saturated rings. The van der Waals surface area contributed by atoms with Gasteiger partial charge in [-0.25, -0.2) is 0 Å². The van der Waals surface area contributed by atoms with Crippen LogP contribution in [0.25, 0.3) is 0 Å². The number of rotatable bonds is 1. The molecule has 0 spiro atoms. The first-order chi connectivity index (χ1) is 5.10. The van der Waals surface area contributed by atoms with Crippen molar-refractivity contribution in [1.29, 1.82) is 0 Å². The Balaban J connectivity index is -0.0000000933. The zero-order chi connectivity index (χ0) is 9.70. The third-order valence-electron chi connectivity index (χ3n) is 0.644. The number of carbonyl (C=O) groups is 1. The van der Waals surface area contributed by atoms with E-state index < -0.39 is 0 Å². The summed E-state index contributed by atoms with van der Waals surface area (Å²) in [7, 11) is 0. The van der Waals surface area contributed by atoms with E-state index >= 15 is 0 Å². The molecule has 0 saturated carbocycles. The van der Waals surface area contributed by atoms with Crippen molar-refractivity contribution in [3.05, 3.63) is 0 Å². The van der Waals surface area contributed by atoms with Gasteiger partial charge in [-0.05, 0) is 13.3 Å². The largest absolute Gasteiger partial charge is 0.483 e. The van der Waals surface area contributed by atoms with E-state index in [0.29, 0.717) is 6.04 Å². The van der Waals surface area contributed by atoms with Gasteiger partial charge in [-0.1, -0.05) is 27.2 Å². The van der Waals surface area contributed by atoms with E-state index in [1.165, 1.54) is 6.42 Å². The summed E-state index contributed by atoms with van der Waals surface area (Å²) in [4.78, 5) is 8.36. The Kier molecular flexibility index (Phi) is 34.7. The number of nitrogens with two attached hydrogens (primary N) is 1. The van der Waals surface area contributed by atoms with Gasteiger partial charge in [0.15, 0.2) is 0 Å². The fourth-order valence-electron chi connectivity index (χ4n) is 0. The van der Waals surface area contributed by atoms with Crippen molar-refractivity contribution in [1.82, 2.24) is 0 Å². The van der Waals surface area contributed by atoms with E-state index in [4.69, 9.17) is 15.6 Å². The van der Waals surface area contributed by atoms with Crippen LogP contribution < -0.4 is 5.73 Å². The molecule has 11 heavy (non-hydrogen) atoms. The minimum atomic E-state index is -0.250. The summed E-state index contributed by atoms with van der Waals surface area (Å²) in [6.07, 6.45) is 2.33. The topological polar surface area (TPSA) is 63.3 Å². The highest BCUT2D eigenvalue weighted by Gasteiger charge is 1.79. The van der Waals surface area contributed by atoms with E-state index in [-0.39, 0.29) is 6.47 Å². The normalized spacial score (nSPS) is 9.55. The number of carboxylic acid groups (broad SMARTS) is 1. The first-order valence-corrected chi connectivity index (χ1v) is 3.93. The maximum absolute atomic E-state index is 8.36. The lowest BCUT2D eigenvalue weighted by Crippen LogP contribution is -2.11. The fourth-order valence-corrected chi connectivity index (χ4v) is 0.